The van der Waals surface area contributed by atoms with Crippen LogP contribution in [0.2, 0.25) is 0 Å². The minimum absolute atomic E-state index is 1.14. The van der Waals surface area contributed by atoms with Gasteiger partial charge >= 0.3 is 0 Å². The second-order valence-electron chi connectivity index (χ2n) is 4.01. The number of allylic oxidation sites excluding steroid dienone is 2. The van der Waals surface area contributed by atoms with Crippen LogP contribution < -0.4 is 0 Å². The van der Waals surface area contributed by atoms with Gasteiger partial charge < -0.3 is 0 Å². The van der Waals surface area contributed by atoms with Crippen LogP contribution in [0.1, 0.15) is 28.7 Å². The van der Waals surface area contributed by atoms with E-state index >= 15 is 0 Å². The summed E-state index contributed by atoms with van der Waals surface area (Å²) in [7, 11) is 0. The molecule has 0 heterocycles. The summed E-state index contributed by atoms with van der Waals surface area (Å²) in [4.78, 5) is 0. The fraction of sp³-hybridized carbons (Fsp3) is 0.286. The zero-order chi connectivity index (χ0) is 10.1. The molecule has 0 spiro atoms. The highest BCUT2D eigenvalue weighted by molar-refractivity contribution is 5.66. The van der Waals surface area contributed by atoms with Crippen LogP contribution in [0.25, 0.3) is 6.08 Å². The molecule has 1 aliphatic rings. The van der Waals surface area contributed by atoms with Gasteiger partial charge in [-0.2, -0.15) is 0 Å². The quantitative estimate of drug-likeness (QED) is 0.622. The van der Waals surface area contributed by atoms with Crippen LogP contribution in [0, 0.1) is 13.8 Å². The SMILES string of the molecule is C=CC1=Cc2c(C)ccc(C)c2CC1. The average molecular weight is 184 g/mol. The maximum Gasteiger partial charge on any atom is -0.0190 e. The summed E-state index contributed by atoms with van der Waals surface area (Å²) in [6.07, 6.45) is 6.57. The summed E-state index contributed by atoms with van der Waals surface area (Å²) < 4.78 is 0. The van der Waals surface area contributed by atoms with Gasteiger partial charge in [0.05, 0.1) is 0 Å². The molecule has 1 aromatic rings. The van der Waals surface area contributed by atoms with Crippen molar-refractivity contribution in [1.29, 1.82) is 0 Å². The number of hydrogen-bond donors (Lipinski definition) is 0. The van der Waals surface area contributed by atoms with E-state index in [0.29, 0.717) is 0 Å². The van der Waals surface area contributed by atoms with E-state index in [1.54, 1.807) is 0 Å². The van der Waals surface area contributed by atoms with E-state index in [1.807, 2.05) is 6.08 Å². The first-order valence-electron chi connectivity index (χ1n) is 5.14. The van der Waals surface area contributed by atoms with Gasteiger partial charge in [-0.05, 0) is 54.5 Å². The second kappa shape index (κ2) is 3.45. The van der Waals surface area contributed by atoms with Crippen molar-refractivity contribution < 1.29 is 0 Å². The molecule has 72 valence electrons. The van der Waals surface area contributed by atoms with Crippen LogP contribution in [0.15, 0.2) is 30.4 Å². The molecule has 0 atom stereocenters. The van der Waals surface area contributed by atoms with Gasteiger partial charge in [0.15, 0.2) is 0 Å². The van der Waals surface area contributed by atoms with Crippen molar-refractivity contribution in [2.24, 2.45) is 0 Å². The average Bonchev–Trinajstić information content (AvgIpc) is 2.23. The Bertz CT molecular complexity index is 408. The van der Waals surface area contributed by atoms with Crippen molar-refractivity contribution in [3.8, 4) is 0 Å². The monoisotopic (exact) mass is 184 g/mol. The smallest absolute Gasteiger partial charge is 0.0190 e. The van der Waals surface area contributed by atoms with Gasteiger partial charge in [-0.15, -0.1) is 0 Å². The Morgan fingerprint density at radius 3 is 2.57 bits per heavy atom. The van der Waals surface area contributed by atoms with Crippen LogP contribution in [-0.4, -0.2) is 0 Å². The van der Waals surface area contributed by atoms with Gasteiger partial charge in [0.25, 0.3) is 0 Å². The van der Waals surface area contributed by atoms with Crippen molar-refractivity contribution in [1.82, 2.24) is 0 Å². The fourth-order valence-corrected chi connectivity index (χ4v) is 2.11. The largest absolute Gasteiger partial charge is 0.0988 e. The van der Waals surface area contributed by atoms with E-state index in [1.165, 1.54) is 34.2 Å². The number of aryl methyl sites for hydroxylation is 2. The van der Waals surface area contributed by atoms with Gasteiger partial charge in [-0.1, -0.05) is 30.9 Å². The van der Waals surface area contributed by atoms with Crippen LogP contribution in [0.5, 0.6) is 0 Å². The lowest BCUT2D eigenvalue weighted by Gasteiger charge is -2.18. The molecule has 2 rings (SSSR count). The fourth-order valence-electron chi connectivity index (χ4n) is 2.11. The molecule has 0 fully saturated rings. The molecule has 0 bridgehead atoms. The molecule has 0 radical (unpaired) electrons. The summed E-state index contributed by atoms with van der Waals surface area (Å²) in [6, 6.07) is 4.43. The molecule has 0 nitrogen and oxygen atoms in total. The van der Waals surface area contributed by atoms with E-state index in [2.05, 4.69) is 38.6 Å². The molecule has 14 heavy (non-hydrogen) atoms. The molecule has 0 unspecified atom stereocenters. The molecule has 0 aliphatic heterocycles. The highest BCUT2D eigenvalue weighted by Gasteiger charge is 2.12. The Morgan fingerprint density at radius 1 is 1.14 bits per heavy atom. The summed E-state index contributed by atoms with van der Waals surface area (Å²) in [5.41, 5.74) is 7.11. The Balaban J connectivity index is 2.62. The van der Waals surface area contributed by atoms with Crippen molar-refractivity contribution in [3.05, 3.63) is 52.6 Å². The van der Waals surface area contributed by atoms with Crippen LogP contribution in [-0.2, 0) is 6.42 Å². The first kappa shape index (κ1) is 9.26. The molecule has 0 saturated heterocycles. The predicted octanol–water partition coefficient (Wildman–Crippen LogP) is 3.82. The number of fused-ring (bicyclic) bond motifs is 1. The summed E-state index contributed by atoms with van der Waals surface area (Å²) in [5, 5.41) is 0. The lowest BCUT2D eigenvalue weighted by atomic mass is 9.87. The maximum absolute atomic E-state index is 3.84. The zero-order valence-corrected chi connectivity index (χ0v) is 8.93. The van der Waals surface area contributed by atoms with Crippen molar-refractivity contribution in [2.75, 3.05) is 0 Å². The summed E-state index contributed by atoms with van der Waals surface area (Å²) in [6.45, 7) is 8.22. The van der Waals surface area contributed by atoms with Gasteiger partial charge in [0, 0.05) is 0 Å². The van der Waals surface area contributed by atoms with E-state index in [0.717, 1.165) is 6.42 Å². The van der Waals surface area contributed by atoms with E-state index in [9.17, 15) is 0 Å². The second-order valence-corrected chi connectivity index (χ2v) is 4.01. The first-order chi connectivity index (χ1) is 6.72. The highest BCUT2D eigenvalue weighted by Crippen LogP contribution is 2.29. The van der Waals surface area contributed by atoms with E-state index in [-0.39, 0.29) is 0 Å². The van der Waals surface area contributed by atoms with Crippen molar-refractivity contribution >= 4 is 6.08 Å². The van der Waals surface area contributed by atoms with E-state index in [4.69, 9.17) is 0 Å². The third kappa shape index (κ3) is 1.41. The molecule has 0 amide bonds. The van der Waals surface area contributed by atoms with Gasteiger partial charge in [-0.25, -0.2) is 0 Å². The standard InChI is InChI=1S/C14H16/c1-4-12-7-8-13-10(2)5-6-11(3)14(13)9-12/h4-6,9H,1,7-8H2,2-3H3. The number of benzene rings is 1. The summed E-state index contributed by atoms with van der Waals surface area (Å²) >= 11 is 0. The lowest BCUT2D eigenvalue weighted by molar-refractivity contribution is 0.935. The topological polar surface area (TPSA) is 0 Å². The van der Waals surface area contributed by atoms with Gasteiger partial charge in [0.1, 0.15) is 0 Å². The van der Waals surface area contributed by atoms with Crippen LogP contribution in [0.3, 0.4) is 0 Å². The minimum Gasteiger partial charge on any atom is -0.0988 e. The molecule has 0 N–H and O–H groups in total. The third-order valence-electron chi connectivity index (χ3n) is 3.06. The Morgan fingerprint density at radius 2 is 1.86 bits per heavy atom. The molecule has 0 saturated carbocycles. The lowest BCUT2D eigenvalue weighted by Crippen LogP contribution is -2.02. The van der Waals surface area contributed by atoms with Crippen molar-refractivity contribution in [3.63, 3.8) is 0 Å². The molecule has 0 heteroatoms. The molecule has 1 aliphatic carbocycles. The number of rotatable bonds is 1. The normalized spacial score (nSPS) is 14.6. The Labute approximate surface area is 86.0 Å². The highest BCUT2D eigenvalue weighted by atomic mass is 14.2. The predicted molar refractivity (Wildman–Crippen MR) is 62.4 cm³/mol. The first-order valence-corrected chi connectivity index (χ1v) is 5.14. The maximum atomic E-state index is 3.84. The van der Waals surface area contributed by atoms with Gasteiger partial charge in [0.2, 0.25) is 0 Å². The Kier molecular flexibility index (Phi) is 2.28. The molecular weight excluding hydrogens is 168 g/mol. The minimum atomic E-state index is 1.14. The van der Waals surface area contributed by atoms with Gasteiger partial charge in [-0.3, -0.25) is 0 Å². The summed E-state index contributed by atoms with van der Waals surface area (Å²) in [5.74, 6) is 0. The third-order valence-corrected chi connectivity index (χ3v) is 3.06. The Hall–Kier alpha value is -1.30. The molecule has 1 aromatic carbocycles. The number of hydrogen-bond acceptors (Lipinski definition) is 0. The van der Waals surface area contributed by atoms with E-state index < -0.39 is 0 Å². The molecule has 0 aromatic heterocycles. The molecular formula is C14H16. The van der Waals surface area contributed by atoms with Crippen molar-refractivity contribution in [2.45, 2.75) is 26.7 Å². The zero-order valence-electron chi connectivity index (χ0n) is 8.93. The van der Waals surface area contributed by atoms with Crippen LogP contribution >= 0.6 is 0 Å². The van der Waals surface area contributed by atoms with Crippen LogP contribution in [0.4, 0.5) is 0 Å².